The molecule has 27 heavy (non-hydrogen) atoms. The minimum Gasteiger partial charge on any atom is -0.366 e. The number of carbonyl (C=O) groups is 1. The molecule has 7 heteroatoms. The van der Waals surface area contributed by atoms with Crippen LogP contribution in [0.3, 0.4) is 0 Å². The fraction of sp³-hybridized carbons (Fsp3) is 0.300. The molecule has 3 aromatic heterocycles. The molecule has 1 amide bonds. The molecule has 0 radical (unpaired) electrons. The van der Waals surface area contributed by atoms with Crippen LogP contribution in [0.2, 0.25) is 0 Å². The van der Waals surface area contributed by atoms with Crippen molar-refractivity contribution in [1.82, 2.24) is 24.9 Å². The zero-order chi connectivity index (χ0) is 18.2. The van der Waals surface area contributed by atoms with Crippen LogP contribution in [0.4, 0.5) is 0 Å². The van der Waals surface area contributed by atoms with Crippen LogP contribution in [0.25, 0.3) is 16.9 Å². The predicted octanol–water partition coefficient (Wildman–Crippen LogP) is 1.79. The van der Waals surface area contributed by atoms with E-state index in [2.05, 4.69) is 20.4 Å². The van der Waals surface area contributed by atoms with Gasteiger partial charge < -0.3 is 10.1 Å². The van der Waals surface area contributed by atoms with Crippen molar-refractivity contribution in [3.8, 4) is 11.3 Å². The number of hydrogen-bond acceptors (Lipinski definition) is 5. The first-order valence-electron chi connectivity index (χ1n) is 9.13. The zero-order valence-electron chi connectivity index (χ0n) is 14.7. The lowest BCUT2D eigenvalue weighted by Crippen LogP contribution is -2.36. The van der Waals surface area contributed by atoms with E-state index in [4.69, 9.17) is 4.74 Å². The maximum atomic E-state index is 12.3. The average molecular weight is 361 g/mol. The normalized spacial score (nSPS) is 23.2. The van der Waals surface area contributed by atoms with Gasteiger partial charge in [-0.3, -0.25) is 9.78 Å². The fourth-order valence-electron chi connectivity index (χ4n) is 3.71. The van der Waals surface area contributed by atoms with Gasteiger partial charge in [0.05, 0.1) is 29.5 Å². The van der Waals surface area contributed by atoms with Gasteiger partial charge in [0.15, 0.2) is 5.65 Å². The molecule has 2 bridgehead atoms. The van der Waals surface area contributed by atoms with Gasteiger partial charge in [0.25, 0.3) is 0 Å². The van der Waals surface area contributed by atoms with Gasteiger partial charge in [0.2, 0.25) is 5.91 Å². The number of carbonyl (C=O) groups excluding carboxylic acids is 1. The Hall–Kier alpha value is -3.06. The molecule has 1 saturated heterocycles. The summed E-state index contributed by atoms with van der Waals surface area (Å²) in [5.41, 5.74) is 3.59. The van der Waals surface area contributed by atoms with E-state index in [1.807, 2.05) is 42.6 Å². The molecular formula is C20H19N5O2. The second-order valence-electron chi connectivity index (χ2n) is 6.89. The van der Waals surface area contributed by atoms with Gasteiger partial charge in [-0.05, 0) is 24.6 Å². The summed E-state index contributed by atoms with van der Waals surface area (Å²) in [5.74, 6) is -0.000585. The summed E-state index contributed by atoms with van der Waals surface area (Å²) in [6.07, 6.45) is 10.9. The average Bonchev–Trinajstić information content (AvgIpc) is 3.43. The monoisotopic (exact) mass is 361 g/mol. The fourth-order valence-corrected chi connectivity index (χ4v) is 3.71. The van der Waals surface area contributed by atoms with Crippen LogP contribution >= 0.6 is 0 Å². The van der Waals surface area contributed by atoms with Crippen LogP contribution in [0.5, 0.6) is 0 Å². The Morgan fingerprint density at radius 1 is 1.26 bits per heavy atom. The van der Waals surface area contributed by atoms with E-state index in [1.54, 1.807) is 16.9 Å². The Morgan fingerprint density at radius 2 is 2.15 bits per heavy atom. The Kier molecular flexibility index (Phi) is 3.94. The van der Waals surface area contributed by atoms with Crippen molar-refractivity contribution >= 4 is 11.6 Å². The Labute approximate surface area is 156 Å². The lowest BCUT2D eigenvalue weighted by molar-refractivity contribution is -0.125. The molecule has 5 rings (SSSR count). The zero-order valence-corrected chi connectivity index (χ0v) is 14.7. The molecular weight excluding hydrogens is 342 g/mol. The standard InChI is InChI=1S/C20H19N5O2/c26-20(16-12-15-1-2-18(16)27-15)22-9-5-14-11-19-23-17(6-10-25(19)24-14)13-3-7-21-8-4-13/h1-4,6-8,10-11,15-16,18H,5,9,12H2,(H,22,26)/t15-,16+,18-/m1/s1. The number of ether oxygens (including phenoxy) is 1. The minimum absolute atomic E-state index is 0.0546. The van der Waals surface area contributed by atoms with Crippen molar-refractivity contribution in [2.45, 2.75) is 25.0 Å². The third-order valence-corrected chi connectivity index (χ3v) is 5.10. The molecule has 0 spiro atoms. The van der Waals surface area contributed by atoms with Crippen LogP contribution < -0.4 is 5.32 Å². The SMILES string of the molecule is O=C(NCCc1cc2nc(-c3ccncc3)ccn2n1)[C@H]1C[C@H]2C=C[C@H]1O2. The van der Waals surface area contributed by atoms with Crippen LogP contribution in [0.1, 0.15) is 12.1 Å². The highest BCUT2D eigenvalue weighted by atomic mass is 16.5. The summed E-state index contributed by atoms with van der Waals surface area (Å²) in [5, 5.41) is 7.54. The van der Waals surface area contributed by atoms with Crippen molar-refractivity contribution in [1.29, 1.82) is 0 Å². The highest BCUT2D eigenvalue weighted by molar-refractivity contribution is 5.80. The molecule has 2 aliphatic rings. The van der Waals surface area contributed by atoms with Crippen LogP contribution in [0.15, 0.2) is 55.0 Å². The van der Waals surface area contributed by atoms with Crippen LogP contribution in [-0.2, 0) is 16.0 Å². The second kappa shape index (κ2) is 6.59. The second-order valence-corrected chi connectivity index (χ2v) is 6.89. The Morgan fingerprint density at radius 3 is 2.93 bits per heavy atom. The molecule has 5 heterocycles. The topological polar surface area (TPSA) is 81.4 Å². The quantitative estimate of drug-likeness (QED) is 0.701. The number of pyridine rings is 1. The van der Waals surface area contributed by atoms with Crippen molar-refractivity contribution in [2.24, 2.45) is 5.92 Å². The smallest absolute Gasteiger partial charge is 0.226 e. The van der Waals surface area contributed by atoms with Crippen molar-refractivity contribution in [3.05, 3.63) is 60.7 Å². The van der Waals surface area contributed by atoms with Gasteiger partial charge in [0, 0.05) is 43.2 Å². The van der Waals surface area contributed by atoms with Crippen molar-refractivity contribution in [3.63, 3.8) is 0 Å². The van der Waals surface area contributed by atoms with Crippen LogP contribution in [-0.4, -0.2) is 44.2 Å². The summed E-state index contributed by atoms with van der Waals surface area (Å²) >= 11 is 0. The van der Waals surface area contributed by atoms with Gasteiger partial charge in [-0.2, -0.15) is 5.10 Å². The number of nitrogens with zero attached hydrogens (tertiary/aromatic N) is 4. The van der Waals surface area contributed by atoms with E-state index >= 15 is 0 Å². The summed E-state index contributed by atoms with van der Waals surface area (Å²) < 4.78 is 7.42. The van der Waals surface area contributed by atoms with Crippen molar-refractivity contribution in [2.75, 3.05) is 6.54 Å². The maximum absolute atomic E-state index is 12.3. The maximum Gasteiger partial charge on any atom is 0.226 e. The number of aromatic nitrogens is 4. The predicted molar refractivity (Wildman–Crippen MR) is 98.8 cm³/mol. The third-order valence-electron chi connectivity index (χ3n) is 5.10. The first kappa shape index (κ1) is 16.1. The molecule has 1 N–H and O–H groups in total. The van der Waals surface area contributed by atoms with Crippen LogP contribution in [0, 0.1) is 5.92 Å². The first-order valence-corrected chi connectivity index (χ1v) is 9.13. The Bertz CT molecular complexity index is 1010. The van der Waals surface area contributed by atoms with E-state index in [0.29, 0.717) is 13.0 Å². The number of fused-ring (bicyclic) bond motifs is 3. The van der Waals surface area contributed by atoms with Gasteiger partial charge in [-0.25, -0.2) is 9.50 Å². The van der Waals surface area contributed by atoms with Gasteiger partial charge in [-0.15, -0.1) is 0 Å². The molecule has 1 fully saturated rings. The summed E-state index contributed by atoms with van der Waals surface area (Å²) in [7, 11) is 0. The first-order chi connectivity index (χ1) is 13.3. The van der Waals surface area contributed by atoms with Gasteiger partial charge in [0.1, 0.15) is 0 Å². The highest BCUT2D eigenvalue weighted by Crippen LogP contribution is 2.33. The third kappa shape index (κ3) is 3.10. The lowest BCUT2D eigenvalue weighted by atomic mass is 9.93. The highest BCUT2D eigenvalue weighted by Gasteiger charge is 2.40. The molecule has 0 aliphatic carbocycles. The molecule has 0 unspecified atom stereocenters. The lowest BCUT2D eigenvalue weighted by Gasteiger charge is -2.14. The largest absolute Gasteiger partial charge is 0.366 e. The molecule has 0 saturated carbocycles. The van der Waals surface area contributed by atoms with E-state index in [9.17, 15) is 4.79 Å². The van der Waals surface area contributed by atoms with Gasteiger partial charge in [-0.1, -0.05) is 12.2 Å². The minimum atomic E-state index is -0.0642. The number of hydrogen-bond donors (Lipinski definition) is 1. The van der Waals surface area contributed by atoms with Gasteiger partial charge >= 0.3 is 0 Å². The number of amides is 1. The molecule has 2 aliphatic heterocycles. The molecule has 136 valence electrons. The summed E-state index contributed by atoms with van der Waals surface area (Å²) in [6, 6.07) is 7.75. The summed E-state index contributed by atoms with van der Waals surface area (Å²) in [6.45, 7) is 0.553. The molecule has 3 atom stereocenters. The van der Waals surface area contributed by atoms with E-state index < -0.39 is 0 Å². The van der Waals surface area contributed by atoms with E-state index in [0.717, 1.165) is 29.0 Å². The number of rotatable bonds is 5. The summed E-state index contributed by atoms with van der Waals surface area (Å²) in [4.78, 5) is 21.0. The van der Waals surface area contributed by atoms with E-state index in [-0.39, 0.29) is 24.0 Å². The number of nitrogens with one attached hydrogen (secondary N) is 1. The molecule has 0 aromatic carbocycles. The van der Waals surface area contributed by atoms with E-state index in [1.165, 1.54) is 0 Å². The Balaban J connectivity index is 1.23. The molecule has 7 nitrogen and oxygen atoms in total. The van der Waals surface area contributed by atoms with Crippen molar-refractivity contribution < 1.29 is 9.53 Å². The molecule has 3 aromatic rings.